The monoisotopic (exact) mass is 178 g/mol. The Kier molecular flexibility index (Phi) is 1.93. The molecule has 0 aliphatic heterocycles. The molecule has 1 atom stereocenters. The van der Waals surface area contributed by atoms with Crippen LogP contribution in [0.4, 0.5) is 8.78 Å². The highest BCUT2D eigenvalue weighted by atomic mass is 19.2. The first-order valence-electron chi connectivity index (χ1n) is 3.90. The molecule has 0 aliphatic rings. The maximum Gasteiger partial charge on any atom is 0.263 e. The van der Waals surface area contributed by atoms with Crippen molar-refractivity contribution in [2.75, 3.05) is 0 Å². The molecule has 66 valence electrons. The van der Waals surface area contributed by atoms with E-state index in [1.54, 1.807) is 24.4 Å². The fraction of sp³-hybridized carbons (Fsp3) is 0.100. The van der Waals surface area contributed by atoms with Gasteiger partial charge in [0.25, 0.3) is 6.43 Å². The van der Waals surface area contributed by atoms with Gasteiger partial charge in [-0.25, -0.2) is 8.78 Å². The Morgan fingerprint density at radius 2 is 2.00 bits per heavy atom. The van der Waals surface area contributed by atoms with Crippen LogP contribution in [0.1, 0.15) is 12.0 Å². The minimum absolute atomic E-state index is 0.0421. The number of aromatic nitrogens is 1. The third-order valence-corrected chi connectivity index (χ3v) is 1.88. The lowest BCUT2D eigenvalue weighted by Crippen LogP contribution is -1.84. The summed E-state index contributed by atoms with van der Waals surface area (Å²) in [4.78, 5) is 4.04. The maximum atomic E-state index is 12.3. The highest BCUT2D eigenvalue weighted by molar-refractivity contribution is 5.78. The molecule has 1 aromatic carbocycles. The van der Waals surface area contributed by atoms with Gasteiger partial charge in [-0.15, -0.1) is 0 Å². The van der Waals surface area contributed by atoms with Crippen molar-refractivity contribution in [2.24, 2.45) is 0 Å². The van der Waals surface area contributed by atoms with E-state index in [-0.39, 0.29) is 5.56 Å². The Morgan fingerprint density at radius 3 is 2.77 bits per heavy atom. The predicted octanol–water partition coefficient (Wildman–Crippen LogP) is 3.17. The zero-order chi connectivity index (χ0) is 9.26. The SMILES string of the molecule is FC([18F])c1ccc2ncccc2c1. The number of pyridine rings is 1. The van der Waals surface area contributed by atoms with Gasteiger partial charge < -0.3 is 0 Å². The van der Waals surface area contributed by atoms with Crippen LogP contribution in [0.3, 0.4) is 0 Å². The summed E-state index contributed by atoms with van der Waals surface area (Å²) in [6.45, 7) is 0. The van der Waals surface area contributed by atoms with Crippen molar-refractivity contribution < 1.29 is 8.78 Å². The summed E-state index contributed by atoms with van der Waals surface area (Å²) >= 11 is 0. The van der Waals surface area contributed by atoms with Crippen molar-refractivity contribution in [3.63, 3.8) is 0 Å². The first-order chi connectivity index (χ1) is 6.27. The number of fused-ring (bicyclic) bond motifs is 1. The van der Waals surface area contributed by atoms with Crippen molar-refractivity contribution in [1.29, 1.82) is 0 Å². The molecular formula is C10H7F2N. The Bertz CT molecular complexity index is 426. The minimum Gasteiger partial charge on any atom is -0.256 e. The van der Waals surface area contributed by atoms with Crippen LogP contribution in [0, 0.1) is 0 Å². The van der Waals surface area contributed by atoms with Crippen LogP contribution in [-0.2, 0) is 0 Å². The normalized spacial score (nSPS) is 13.1. The Hall–Kier alpha value is -1.51. The second-order valence-electron chi connectivity index (χ2n) is 2.76. The van der Waals surface area contributed by atoms with Gasteiger partial charge in [0, 0.05) is 17.1 Å². The van der Waals surface area contributed by atoms with Crippen LogP contribution in [-0.4, -0.2) is 4.98 Å². The molecule has 1 heterocycles. The molecule has 0 aliphatic carbocycles. The van der Waals surface area contributed by atoms with Gasteiger partial charge in [0.2, 0.25) is 0 Å². The number of halogens is 2. The summed E-state index contributed by atoms with van der Waals surface area (Å²) in [5.74, 6) is 0. The number of nitrogens with zero attached hydrogens (tertiary/aromatic N) is 1. The van der Waals surface area contributed by atoms with Crippen molar-refractivity contribution >= 4 is 10.9 Å². The van der Waals surface area contributed by atoms with E-state index >= 15 is 0 Å². The van der Waals surface area contributed by atoms with Gasteiger partial charge in [0.1, 0.15) is 0 Å². The van der Waals surface area contributed by atoms with Crippen molar-refractivity contribution in [2.45, 2.75) is 6.43 Å². The average molecular weight is 178 g/mol. The van der Waals surface area contributed by atoms with Gasteiger partial charge in [-0.1, -0.05) is 12.1 Å². The highest BCUT2D eigenvalue weighted by Gasteiger charge is 2.06. The number of benzene rings is 1. The van der Waals surface area contributed by atoms with Crippen LogP contribution in [0.5, 0.6) is 0 Å². The lowest BCUT2D eigenvalue weighted by atomic mass is 10.1. The van der Waals surface area contributed by atoms with Gasteiger partial charge in [-0.2, -0.15) is 0 Å². The molecule has 13 heavy (non-hydrogen) atoms. The van der Waals surface area contributed by atoms with Gasteiger partial charge in [-0.3, -0.25) is 4.98 Å². The summed E-state index contributed by atoms with van der Waals surface area (Å²) < 4.78 is 24.5. The van der Waals surface area contributed by atoms with E-state index in [9.17, 15) is 8.78 Å². The zero-order valence-electron chi connectivity index (χ0n) is 6.74. The van der Waals surface area contributed by atoms with Crippen molar-refractivity contribution in [1.82, 2.24) is 4.98 Å². The number of rotatable bonds is 1. The summed E-state index contributed by atoms with van der Waals surface area (Å²) in [5.41, 5.74) is 0.785. The lowest BCUT2D eigenvalue weighted by molar-refractivity contribution is 0.151. The highest BCUT2D eigenvalue weighted by Crippen LogP contribution is 2.22. The van der Waals surface area contributed by atoms with Crippen LogP contribution in [0.2, 0.25) is 0 Å². The number of hydrogen-bond donors (Lipinski definition) is 0. The van der Waals surface area contributed by atoms with E-state index < -0.39 is 6.43 Å². The largest absolute Gasteiger partial charge is 0.263 e. The van der Waals surface area contributed by atoms with Gasteiger partial charge >= 0.3 is 0 Å². The van der Waals surface area contributed by atoms with Crippen LogP contribution in [0.15, 0.2) is 36.5 Å². The Morgan fingerprint density at radius 1 is 1.15 bits per heavy atom. The van der Waals surface area contributed by atoms with Gasteiger partial charge in [0.05, 0.1) is 5.52 Å². The molecule has 0 saturated heterocycles. The molecule has 2 rings (SSSR count). The molecule has 2 aromatic rings. The Labute approximate surface area is 74.0 Å². The van der Waals surface area contributed by atoms with Crippen LogP contribution >= 0.6 is 0 Å². The molecule has 0 N–H and O–H groups in total. The second-order valence-corrected chi connectivity index (χ2v) is 2.76. The van der Waals surface area contributed by atoms with Crippen LogP contribution < -0.4 is 0 Å². The summed E-state index contributed by atoms with van der Waals surface area (Å²) in [6.07, 6.45) is -0.769. The van der Waals surface area contributed by atoms with Crippen LogP contribution in [0.25, 0.3) is 10.9 Å². The molecule has 1 unspecified atom stereocenters. The molecule has 0 radical (unpaired) electrons. The number of hydrogen-bond acceptors (Lipinski definition) is 1. The molecule has 0 amide bonds. The third kappa shape index (κ3) is 1.49. The van der Waals surface area contributed by atoms with E-state index in [0.29, 0.717) is 0 Å². The molecular weight excluding hydrogens is 171 g/mol. The van der Waals surface area contributed by atoms with E-state index in [4.69, 9.17) is 0 Å². The molecule has 0 spiro atoms. The van der Waals surface area contributed by atoms with Crippen molar-refractivity contribution in [3.8, 4) is 0 Å². The fourth-order valence-electron chi connectivity index (χ4n) is 1.23. The molecule has 0 saturated carbocycles. The second kappa shape index (κ2) is 3.09. The summed E-state index contributed by atoms with van der Waals surface area (Å²) in [7, 11) is 0. The lowest BCUT2D eigenvalue weighted by Gasteiger charge is -2.00. The van der Waals surface area contributed by atoms with E-state index in [1.807, 2.05) is 0 Å². The van der Waals surface area contributed by atoms with E-state index in [1.165, 1.54) is 12.1 Å². The standard InChI is InChI=1S/C10H7F2N/c11-10(12)8-3-4-9-7(6-8)2-1-5-13-9/h1-6,10H/i11-1. The quantitative estimate of drug-likeness (QED) is 0.653. The molecule has 0 fully saturated rings. The third-order valence-electron chi connectivity index (χ3n) is 1.88. The molecule has 3 heteroatoms. The molecule has 0 bridgehead atoms. The van der Waals surface area contributed by atoms with E-state index in [0.717, 1.165) is 10.9 Å². The molecule has 1 nitrogen and oxygen atoms in total. The smallest absolute Gasteiger partial charge is 0.256 e. The minimum atomic E-state index is -2.41. The Balaban J connectivity index is 2.62. The maximum absolute atomic E-state index is 12.3. The average Bonchev–Trinajstić information content (AvgIpc) is 2.17. The van der Waals surface area contributed by atoms with Crippen molar-refractivity contribution in [3.05, 3.63) is 42.1 Å². The van der Waals surface area contributed by atoms with E-state index in [2.05, 4.69) is 4.98 Å². The first kappa shape index (κ1) is 8.10. The summed E-state index contributed by atoms with van der Waals surface area (Å²) in [5, 5.41) is 0.750. The predicted molar refractivity (Wildman–Crippen MR) is 46.7 cm³/mol. The fourth-order valence-corrected chi connectivity index (χ4v) is 1.23. The number of alkyl halides is 2. The van der Waals surface area contributed by atoms with Gasteiger partial charge in [0.15, 0.2) is 0 Å². The molecule has 1 aromatic heterocycles. The van der Waals surface area contributed by atoms with Gasteiger partial charge in [-0.05, 0) is 18.2 Å². The topological polar surface area (TPSA) is 12.9 Å². The zero-order valence-corrected chi connectivity index (χ0v) is 6.74. The summed E-state index contributed by atoms with van der Waals surface area (Å²) in [6, 6.07) is 7.98. The first-order valence-corrected chi connectivity index (χ1v) is 3.90.